The van der Waals surface area contributed by atoms with Crippen molar-refractivity contribution in [1.82, 2.24) is 10.6 Å². The smallest absolute Gasteiger partial charge is 0.325 e. The van der Waals surface area contributed by atoms with Gasteiger partial charge in [-0.2, -0.15) is 0 Å². The second kappa shape index (κ2) is 6.53. The first kappa shape index (κ1) is 14.7. The number of carboxylic acid groups (broad SMARTS) is 1. The number of hydrogen-bond acceptors (Lipinski definition) is 3. The molecule has 0 aliphatic carbocycles. The number of aliphatic carboxylic acids is 1. The number of hydrogen-bond donors (Lipinski definition) is 3. The van der Waals surface area contributed by atoms with E-state index in [9.17, 15) is 14.4 Å². The first-order valence-electron chi connectivity index (χ1n) is 5.77. The maximum Gasteiger partial charge on any atom is 0.325 e. The lowest BCUT2D eigenvalue weighted by Crippen LogP contribution is -2.43. The maximum atomic E-state index is 11.7. The number of carbonyl (C=O) groups excluding carboxylic acids is 2. The van der Waals surface area contributed by atoms with Crippen LogP contribution >= 0.6 is 0 Å². The number of nitrogens with one attached hydrogen (secondary N) is 2. The molecule has 19 heavy (non-hydrogen) atoms. The number of amides is 2. The summed E-state index contributed by atoms with van der Waals surface area (Å²) in [6.07, 6.45) is 0. The Kier molecular flexibility index (Phi) is 5.05. The molecule has 0 aromatic heterocycles. The topological polar surface area (TPSA) is 95.5 Å². The van der Waals surface area contributed by atoms with Crippen LogP contribution in [0.15, 0.2) is 24.3 Å². The molecule has 0 aliphatic rings. The highest BCUT2D eigenvalue weighted by Gasteiger charge is 2.14. The van der Waals surface area contributed by atoms with Gasteiger partial charge in [0.05, 0.1) is 6.54 Å². The molecule has 2 amide bonds. The highest BCUT2D eigenvalue weighted by molar-refractivity contribution is 5.96. The van der Waals surface area contributed by atoms with Crippen LogP contribution in [0.1, 0.15) is 22.8 Å². The summed E-state index contributed by atoms with van der Waals surface area (Å²) in [4.78, 5) is 33.6. The molecule has 0 saturated carbocycles. The molecule has 1 aromatic carbocycles. The highest BCUT2D eigenvalue weighted by atomic mass is 16.4. The zero-order valence-electron chi connectivity index (χ0n) is 10.8. The van der Waals surface area contributed by atoms with Crippen molar-refractivity contribution in [1.29, 1.82) is 0 Å². The van der Waals surface area contributed by atoms with Crippen molar-refractivity contribution in [2.45, 2.75) is 19.9 Å². The van der Waals surface area contributed by atoms with Gasteiger partial charge in [0.2, 0.25) is 5.91 Å². The van der Waals surface area contributed by atoms with Crippen LogP contribution in [-0.2, 0) is 9.59 Å². The van der Waals surface area contributed by atoms with Gasteiger partial charge in [-0.1, -0.05) is 17.7 Å². The molecule has 0 fully saturated rings. The average molecular weight is 264 g/mol. The lowest BCUT2D eigenvalue weighted by Gasteiger charge is -2.10. The Morgan fingerprint density at radius 3 is 2.32 bits per heavy atom. The van der Waals surface area contributed by atoms with Crippen molar-refractivity contribution in [3.8, 4) is 0 Å². The molecular weight excluding hydrogens is 248 g/mol. The van der Waals surface area contributed by atoms with Gasteiger partial charge in [-0.05, 0) is 26.0 Å². The Hall–Kier alpha value is -2.37. The minimum Gasteiger partial charge on any atom is -0.480 e. The van der Waals surface area contributed by atoms with E-state index in [4.69, 9.17) is 5.11 Å². The van der Waals surface area contributed by atoms with Crippen LogP contribution in [0.3, 0.4) is 0 Å². The molecule has 6 heteroatoms. The van der Waals surface area contributed by atoms with Gasteiger partial charge < -0.3 is 15.7 Å². The Morgan fingerprint density at radius 2 is 1.79 bits per heavy atom. The van der Waals surface area contributed by atoms with E-state index >= 15 is 0 Å². The van der Waals surface area contributed by atoms with E-state index in [1.54, 1.807) is 24.3 Å². The van der Waals surface area contributed by atoms with Gasteiger partial charge in [-0.3, -0.25) is 14.4 Å². The van der Waals surface area contributed by atoms with Gasteiger partial charge in [0.15, 0.2) is 0 Å². The minimum atomic E-state index is -1.13. The molecule has 0 bridgehead atoms. The van der Waals surface area contributed by atoms with Crippen LogP contribution in [0, 0.1) is 6.92 Å². The number of aryl methyl sites for hydroxylation is 1. The molecule has 0 heterocycles. The maximum absolute atomic E-state index is 11.7. The predicted molar refractivity (Wildman–Crippen MR) is 68.8 cm³/mol. The minimum absolute atomic E-state index is 0.260. The number of rotatable bonds is 5. The van der Waals surface area contributed by atoms with Crippen molar-refractivity contribution in [2.24, 2.45) is 0 Å². The van der Waals surface area contributed by atoms with Crippen LogP contribution in [0.4, 0.5) is 0 Å². The third kappa shape index (κ3) is 4.79. The Labute approximate surface area is 110 Å². The predicted octanol–water partition coefficient (Wildman–Crippen LogP) is 0.314. The van der Waals surface area contributed by atoms with Crippen LogP contribution in [-0.4, -0.2) is 35.5 Å². The van der Waals surface area contributed by atoms with E-state index in [0.29, 0.717) is 5.56 Å². The van der Waals surface area contributed by atoms with Gasteiger partial charge in [0.25, 0.3) is 5.91 Å². The molecule has 0 aliphatic heterocycles. The van der Waals surface area contributed by atoms with E-state index < -0.39 is 17.9 Å². The van der Waals surface area contributed by atoms with Crippen molar-refractivity contribution >= 4 is 17.8 Å². The number of carbonyl (C=O) groups is 3. The fourth-order valence-corrected chi connectivity index (χ4v) is 1.32. The standard InChI is InChI=1S/C13H16N2O4/c1-8-3-5-10(6-4-8)12(17)14-7-11(16)15-9(2)13(18)19/h3-6,9H,7H2,1-2H3,(H,14,17)(H,15,16)(H,18,19). The molecule has 102 valence electrons. The third-order valence-corrected chi connectivity index (χ3v) is 2.47. The molecule has 0 spiro atoms. The van der Waals surface area contributed by atoms with Gasteiger partial charge in [0.1, 0.15) is 6.04 Å². The summed E-state index contributed by atoms with van der Waals surface area (Å²) < 4.78 is 0. The fourth-order valence-electron chi connectivity index (χ4n) is 1.32. The molecule has 0 radical (unpaired) electrons. The summed E-state index contributed by atoms with van der Waals surface area (Å²) in [5.74, 6) is -2.05. The molecule has 1 unspecified atom stereocenters. The van der Waals surface area contributed by atoms with E-state index in [2.05, 4.69) is 10.6 Å². The van der Waals surface area contributed by atoms with Crippen LogP contribution < -0.4 is 10.6 Å². The van der Waals surface area contributed by atoms with Gasteiger partial charge in [-0.25, -0.2) is 0 Å². The largest absolute Gasteiger partial charge is 0.480 e. The summed E-state index contributed by atoms with van der Waals surface area (Å²) in [7, 11) is 0. The SMILES string of the molecule is Cc1ccc(C(=O)NCC(=O)NC(C)C(=O)O)cc1. The van der Waals surface area contributed by atoms with Crippen LogP contribution in [0.25, 0.3) is 0 Å². The zero-order chi connectivity index (χ0) is 14.4. The molecule has 0 saturated heterocycles. The molecular formula is C13H16N2O4. The molecule has 1 rings (SSSR count). The Morgan fingerprint density at radius 1 is 1.21 bits per heavy atom. The Balaban J connectivity index is 2.44. The van der Waals surface area contributed by atoms with Crippen LogP contribution in [0.2, 0.25) is 0 Å². The summed E-state index contributed by atoms with van der Waals surface area (Å²) in [5.41, 5.74) is 1.48. The monoisotopic (exact) mass is 264 g/mol. The van der Waals surface area contributed by atoms with Crippen molar-refractivity contribution < 1.29 is 19.5 Å². The van der Waals surface area contributed by atoms with Crippen molar-refractivity contribution in [3.05, 3.63) is 35.4 Å². The van der Waals surface area contributed by atoms with E-state index in [0.717, 1.165) is 5.56 Å². The van der Waals surface area contributed by atoms with Crippen molar-refractivity contribution in [2.75, 3.05) is 6.54 Å². The molecule has 1 aromatic rings. The average Bonchev–Trinajstić information content (AvgIpc) is 2.36. The number of carboxylic acids is 1. The van der Waals surface area contributed by atoms with Gasteiger partial charge in [0, 0.05) is 5.56 Å². The van der Waals surface area contributed by atoms with Crippen LogP contribution in [0.5, 0.6) is 0 Å². The molecule has 1 atom stereocenters. The highest BCUT2D eigenvalue weighted by Crippen LogP contribution is 2.02. The summed E-state index contributed by atoms with van der Waals surface area (Å²) in [6.45, 7) is 2.99. The third-order valence-electron chi connectivity index (χ3n) is 2.47. The van der Waals surface area contributed by atoms with E-state index in [1.165, 1.54) is 6.92 Å². The van der Waals surface area contributed by atoms with E-state index in [-0.39, 0.29) is 12.5 Å². The number of benzene rings is 1. The van der Waals surface area contributed by atoms with Gasteiger partial charge >= 0.3 is 5.97 Å². The Bertz CT molecular complexity index is 482. The normalized spacial score (nSPS) is 11.5. The second-order valence-corrected chi connectivity index (χ2v) is 4.18. The first-order valence-corrected chi connectivity index (χ1v) is 5.77. The first-order chi connectivity index (χ1) is 8.90. The zero-order valence-corrected chi connectivity index (χ0v) is 10.8. The lowest BCUT2D eigenvalue weighted by molar-refractivity contribution is -0.141. The van der Waals surface area contributed by atoms with Crippen molar-refractivity contribution in [3.63, 3.8) is 0 Å². The fraction of sp³-hybridized carbons (Fsp3) is 0.308. The molecule has 3 N–H and O–H groups in total. The quantitative estimate of drug-likeness (QED) is 0.713. The van der Waals surface area contributed by atoms with E-state index in [1.807, 2.05) is 6.92 Å². The van der Waals surface area contributed by atoms with Gasteiger partial charge in [-0.15, -0.1) is 0 Å². The molecule has 6 nitrogen and oxygen atoms in total. The lowest BCUT2D eigenvalue weighted by atomic mass is 10.1. The second-order valence-electron chi connectivity index (χ2n) is 4.18. The summed E-state index contributed by atoms with van der Waals surface area (Å²) >= 11 is 0. The summed E-state index contributed by atoms with van der Waals surface area (Å²) in [5, 5.41) is 13.3. The summed E-state index contributed by atoms with van der Waals surface area (Å²) in [6, 6.07) is 5.91.